The van der Waals surface area contributed by atoms with E-state index < -0.39 is 0 Å². The number of aryl methyl sites for hydroxylation is 2. The SMILES string of the molecule is CCc1cccc(NC(=O)N2CCc3nc(Cc4ccccc4C)[nH]c(=O)c3C2)c1. The van der Waals surface area contributed by atoms with Crippen LogP contribution < -0.4 is 10.9 Å². The van der Waals surface area contributed by atoms with Gasteiger partial charge in [0.15, 0.2) is 0 Å². The molecule has 2 heterocycles. The molecule has 1 aliphatic rings. The summed E-state index contributed by atoms with van der Waals surface area (Å²) in [6.45, 7) is 4.93. The van der Waals surface area contributed by atoms with E-state index in [0.29, 0.717) is 30.8 Å². The highest BCUT2D eigenvalue weighted by Crippen LogP contribution is 2.18. The number of nitrogens with one attached hydrogen (secondary N) is 2. The van der Waals surface area contributed by atoms with Gasteiger partial charge in [-0.25, -0.2) is 9.78 Å². The lowest BCUT2D eigenvalue weighted by atomic mass is 10.0. The first kappa shape index (κ1) is 19.9. The van der Waals surface area contributed by atoms with Crippen molar-refractivity contribution in [2.24, 2.45) is 0 Å². The highest BCUT2D eigenvalue weighted by atomic mass is 16.2. The lowest BCUT2D eigenvalue weighted by Gasteiger charge is -2.28. The quantitative estimate of drug-likeness (QED) is 0.696. The molecule has 1 aliphatic heterocycles. The van der Waals surface area contributed by atoms with Crippen LogP contribution in [0.15, 0.2) is 53.3 Å². The molecule has 4 rings (SSSR count). The Morgan fingerprint density at radius 3 is 2.83 bits per heavy atom. The van der Waals surface area contributed by atoms with E-state index in [1.54, 1.807) is 4.90 Å². The first-order valence-corrected chi connectivity index (χ1v) is 10.3. The molecule has 2 N–H and O–H groups in total. The number of nitrogens with zero attached hydrogens (tertiary/aromatic N) is 2. The average Bonchev–Trinajstić information content (AvgIpc) is 2.75. The number of aromatic amines is 1. The van der Waals surface area contributed by atoms with Gasteiger partial charge in [0, 0.05) is 25.1 Å². The van der Waals surface area contributed by atoms with Gasteiger partial charge in [0.1, 0.15) is 5.82 Å². The molecule has 1 aromatic heterocycles. The second-order valence-electron chi connectivity index (χ2n) is 7.70. The molecule has 0 fully saturated rings. The number of rotatable bonds is 4. The molecule has 3 aromatic rings. The number of anilines is 1. The summed E-state index contributed by atoms with van der Waals surface area (Å²) < 4.78 is 0. The maximum absolute atomic E-state index is 12.7. The molecule has 0 saturated carbocycles. The van der Waals surface area contributed by atoms with Crippen molar-refractivity contribution in [3.8, 4) is 0 Å². The lowest BCUT2D eigenvalue weighted by molar-refractivity contribution is 0.205. The number of benzene rings is 2. The van der Waals surface area contributed by atoms with E-state index in [4.69, 9.17) is 4.98 Å². The number of H-pyrrole nitrogens is 1. The average molecular weight is 402 g/mol. The topological polar surface area (TPSA) is 78.1 Å². The highest BCUT2D eigenvalue weighted by Gasteiger charge is 2.24. The second kappa shape index (κ2) is 8.53. The minimum atomic E-state index is -0.197. The second-order valence-corrected chi connectivity index (χ2v) is 7.70. The van der Waals surface area contributed by atoms with Gasteiger partial charge in [-0.3, -0.25) is 4.79 Å². The zero-order valence-corrected chi connectivity index (χ0v) is 17.4. The minimum Gasteiger partial charge on any atom is -0.320 e. The van der Waals surface area contributed by atoms with Crippen LogP contribution in [-0.2, 0) is 25.8 Å². The number of carbonyl (C=O) groups excluding carboxylic acids is 1. The summed E-state index contributed by atoms with van der Waals surface area (Å²) in [5, 5.41) is 2.94. The molecule has 2 aromatic carbocycles. The smallest absolute Gasteiger partial charge is 0.320 e. The van der Waals surface area contributed by atoms with Crippen molar-refractivity contribution in [2.45, 2.75) is 39.7 Å². The maximum atomic E-state index is 12.7. The largest absolute Gasteiger partial charge is 0.322 e. The Kier molecular flexibility index (Phi) is 5.65. The fourth-order valence-electron chi connectivity index (χ4n) is 3.79. The molecular weight excluding hydrogens is 376 g/mol. The Morgan fingerprint density at radius 1 is 1.20 bits per heavy atom. The fourth-order valence-corrected chi connectivity index (χ4v) is 3.79. The fraction of sp³-hybridized carbons (Fsp3) is 0.292. The molecule has 0 unspecified atom stereocenters. The third kappa shape index (κ3) is 4.27. The first-order valence-electron chi connectivity index (χ1n) is 10.3. The van der Waals surface area contributed by atoms with Gasteiger partial charge in [-0.05, 0) is 42.2 Å². The van der Waals surface area contributed by atoms with Crippen LogP contribution in [-0.4, -0.2) is 27.4 Å². The summed E-state index contributed by atoms with van der Waals surface area (Å²) in [5.41, 5.74) is 5.46. The normalized spacial score (nSPS) is 13.1. The van der Waals surface area contributed by atoms with Gasteiger partial charge in [0.25, 0.3) is 5.56 Å². The van der Waals surface area contributed by atoms with Gasteiger partial charge in [-0.1, -0.05) is 43.3 Å². The van der Waals surface area contributed by atoms with Crippen LogP contribution in [0.3, 0.4) is 0 Å². The maximum Gasteiger partial charge on any atom is 0.322 e. The summed E-state index contributed by atoms with van der Waals surface area (Å²) in [6.07, 6.45) is 2.07. The van der Waals surface area contributed by atoms with E-state index >= 15 is 0 Å². The van der Waals surface area contributed by atoms with E-state index in [1.165, 1.54) is 11.1 Å². The molecule has 0 saturated heterocycles. The van der Waals surface area contributed by atoms with E-state index in [2.05, 4.69) is 30.2 Å². The molecule has 0 atom stereocenters. The van der Waals surface area contributed by atoms with Crippen LogP contribution in [0.5, 0.6) is 0 Å². The van der Waals surface area contributed by atoms with Crippen molar-refractivity contribution in [3.63, 3.8) is 0 Å². The Labute approximate surface area is 176 Å². The van der Waals surface area contributed by atoms with Crippen molar-refractivity contribution >= 4 is 11.7 Å². The van der Waals surface area contributed by atoms with Gasteiger partial charge in [-0.2, -0.15) is 0 Å². The number of amides is 2. The zero-order chi connectivity index (χ0) is 21.1. The summed E-state index contributed by atoms with van der Waals surface area (Å²) >= 11 is 0. The standard InChI is InChI=1S/C24H26N4O2/c1-3-17-8-6-10-19(13-17)25-24(30)28-12-11-21-20(15-28)23(29)27-22(26-21)14-18-9-5-4-7-16(18)2/h4-10,13H,3,11-12,14-15H2,1-2H3,(H,25,30)(H,26,27,29). The van der Waals surface area contributed by atoms with Crippen molar-refractivity contribution in [1.29, 1.82) is 0 Å². The van der Waals surface area contributed by atoms with Crippen LogP contribution in [0.1, 0.15) is 40.7 Å². The van der Waals surface area contributed by atoms with Crippen LogP contribution in [0.4, 0.5) is 10.5 Å². The summed E-state index contributed by atoms with van der Waals surface area (Å²) in [7, 11) is 0. The molecule has 0 aliphatic carbocycles. The van der Waals surface area contributed by atoms with Crippen molar-refractivity contribution < 1.29 is 4.79 Å². The van der Waals surface area contributed by atoms with Crippen LogP contribution >= 0.6 is 0 Å². The Hall–Kier alpha value is -3.41. The monoisotopic (exact) mass is 402 g/mol. The van der Waals surface area contributed by atoms with Gasteiger partial charge in [0.05, 0.1) is 17.8 Å². The van der Waals surface area contributed by atoms with E-state index in [-0.39, 0.29) is 18.1 Å². The molecule has 0 spiro atoms. The zero-order valence-electron chi connectivity index (χ0n) is 17.4. The third-order valence-corrected chi connectivity index (χ3v) is 5.61. The third-order valence-electron chi connectivity index (χ3n) is 5.61. The summed E-state index contributed by atoms with van der Waals surface area (Å²) in [5.74, 6) is 0.669. The Morgan fingerprint density at radius 2 is 2.03 bits per heavy atom. The van der Waals surface area contributed by atoms with Crippen molar-refractivity contribution in [3.05, 3.63) is 92.7 Å². The molecule has 0 radical (unpaired) electrons. The first-order chi connectivity index (χ1) is 14.5. The molecule has 2 amide bonds. The summed E-state index contributed by atoms with van der Waals surface area (Å²) in [6, 6.07) is 15.7. The molecule has 30 heavy (non-hydrogen) atoms. The van der Waals surface area contributed by atoms with E-state index in [0.717, 1.165) is 23.4 Å². The number of hydrogen-bond donors (Lipinski definition) is 2. The van der Waals surface area contributed by atoms with E-state index in [9.17, 15) is 9.59 Å². The molecular formula is C24H26N4O2. The number of hydrogen-bond acceptors (Lipinski definition) is 3. The Balaban J connectivity index is 1.49. The summed E-state index contributed by atoms with van der Waals surface area (Å²) in [4.78, 5) is 34.7. The van der Waals surface area contributed by atoms with Gasteiger partial charge in [-0.15, -0.1) is 0 Å². The Bertz CT molecular complexity index is 1140. The molecule has 6 heteroatoms. The van der Waals surface area contributed by atoms with Gasteiger partial charge in [0.2, 0.25) is 0 Å². The molecule has 154 valence electrons. The van der Waals surface area contributed by atoms with Gasteiger partial charge >= 0.3 is 6.03 Å². The van der Waals surface area contributed by atoms with Crippen LogP contribution in [0, 0.1) is 6.92 Å². The number of fused-ring (bicyclic) bond motifs is 1. The number of carbonyl (C=O) groups is 1. The number of aromatic nitrogens is 2. The van der Waals surface area contributed by atoms with E-state index in [1.807, 2.05) is 42.5 Å². The van der Waals surface area contributed by atoms with Crippen molar-refractivity contribution in [2.75, 3.05) is 11.9 Å². The van der Waals surface area contributed by atoms with Crippen LogP contribution in [0.2, 0.25) is 0 Å². The lowest BCUT2D eigenvalue weighted by Crippen LogP contribution is -2.42. The van der Waals surface area contributed by atoms with Gasteiger partial charge < -0.3 is 15.2 Å². The number of urea groups is 1. The highest BCUT2D eigenvalue weighted by molar-refractivity contribution is 5.89. The minimum absolute atomic E-state index is 0.158. The van der Waals surface area contributed by atoms with Crippen LogP contribution in [0.25, 0.3) is 0 Å². The molecule has 0 bridgehead atoms. The predicted molar refractivity (Wildman–Crippen MR) is 118 cm³/mol. The van der Waals surface area contributed by atoms with Crippen molar-refractivity contribution in [1.82, 2.24) is 14.9 Å². The molecule has 6 nitrogen and oxygen atoms in total. The predicted octanol–water partition coefficient (Wildman–Crippen LogP) is 3.82.